The first-order valence-electron chi connectivity index (χ1n) is 21.9. The monoisotopic (exact) mass is 831 g/mol. The summed E-state index contributed by atoms with van der Waals surface area (Å²) in [6, 6.07) is 90.7. The highest BCUT2D eigenvalue weighted by atomic mass is 15.2. The number of benzene rings is 10. The van der Waals surface area contributed by atoms with Crippen LogP contribution in [0.5, 0.6) is 0 Å². The smallest absolute Gasteiger partial charge is 0.138 e. The summed E-state index contributed by atoms with van der Waals surface area (Å²) in [7, 11) is 0. The molecule has 0 heterocycles. The second-order valence-corrected chi connectivity index (χ2v) is 16.0. The van der Waals surface area contributed by atoms with E-state index in [9.17, 15) is 10.8 Å². The molecule has 0 saturated carbocycles. The van der Waals surface area contributed by atoms with Gasteiger partial charge in [0.1, 0.15) is 11.7 Å². The van der Waals surface area contributed by atoms with Crippen molar-refractivity contribution in [2.45, 2.75) is 0 Å². The first kappa shape index (κ1) is 40.4. The highest BCUT2D eigenvalue weighted by Crippen LogP contribution is 2.50. The number of hydrogen-bond donors (Lipinski definition) is 2. The molecule has 0 radical (unpaired) electrons. The van der Waals surface area contributed by atoms with Crippen LogP contribution in [0.25, 0.3) is 77.9 Å². The van der Waals surface area contributed by atoms with Crippen LogP contribution in [0.15, 0.2) is 261 Å². The van der Waals surface area contributed by atoms with Crippen LogP contribution in [-0.2, 0) is 0 Å². The van der Waals surface area contributed by atoms with E-state index in [1.807, 2.05) is 72.8 Å². The summed E-state index contributed by atoms with van der Waals surface area (Å²) >= 11 is 0. The molecule has 0 unspecified atom stereocenters. The third-order valence-corrected chi connectivity index (χ3v) is 11.9. The van der Waals surface area contributed by atoms with Crippen molar-refractivity contribution in [3.05, 3.63) is 272 Å². The molecule has 3 nitrogen and oxygen atoms in total. The van der Waals surface area contributed by atoms with Crippen molar-refractivity contribution in [2.24, 2.45) is 0 Å². The summed E-state index contributed by atoms with van der Waals surface area (Å²) in [6.07, 6.45) is 0. The van der Waals surface area contributed by atoms with Crippen LogP contribution in [0.4, 0.5) is 5.69 Å². The molecular formula is C62H45N3. The van der Waals surface area contributed by atoms with Gasteiger partial charge in [-0.15, -0.1) is 0 Å². The predicted molar refractivity (Wildman–Crippen MR) is 274 cm³/mol. The van der Waals surface area contributed by atoms with Crippen molar-refractivity contribution in [2.75, 3.05) is 4.90 Å². The molecule has 0 bridgehead atoms. The van der Waals surface area contributed by atoms with Crippen LogP contribution in [0.1, 0.15) is 11.1 Å². The van der Waals surface area contributed by atoms with Gasteiger partial charge in [-0.2, -0.15) is 0 Å². The summed E-state index contributed by atoms with van der Waals surface area (Å²) in [6.45, 7) is 0. The minimum absolute atomic E-state index is 0.236. The van der Waals surface area contributed by atoms with Crippen molar-refractivity contribution in [3.63, 3.8) is 0 Å². The van der Waals surface area contributed by atoms with Crippen molar-refractivity contribution in [1.82, 2.24) is 0 Å². The Morgan fingerprint density at radius 3 is 1.00 bits per heavy atom. The molecule has 0 fully saturated rings. The van der Waals surface area contributed by atoms with E-state index in [-0.39, 0.29) is 11.7 Å². The molecule has 0 amide bonds. The van der Waals surface area contributed by atoms with E-state index in [1.165, 1.54) is 27.8 Å². The fraction of sp³-hybridized carbons (Fsp3) is 0. The molecule has 0 aliphatic rings. The molecule has 0 saturated heterocycles. The van der Waals surface area contributed by atoms with Gasteiger partial charge >= 0.3 is 0 Å². The lowest BCUT2D eigenvalue weighted by Gasteiger charge is -2.26. The summed E-state index contributed by atoms with van der Waals surface area (Å²) in [4.78, 5) is 1.72. The molecule has 0 atom stereocenters. The average Bonchev–Trinajstić information content (AvgIpc) is 3.39. The lowest BCUT2D eigenvalue weighted by molar-refractivity contribution is 1.28. The lowest BCUT2D eigenvalue weighted by atomic mass is 9.78. The number of hydrogen-bond acceptors (Lipinski definition) is 2. The number of amidine groups is 2. The Morgan fingerprint density at radius 1 is 0.246 bits per heavy atom. The van der Waals surface area contributed by atoms with Gasteiger partial charge in [-0.1, -0.05) is 231 Å². The number of rotatable bonds is 10. The fourth-order valence-corrected chi connectivity index (χ4v) is 8.85. The van der Waals surface area contributed by atoms with E-state index in [2.05, 4.69) is 188 Å². The van der Waals surface area contributed by atoms with Crippen LogP contribution in [-0.4, -0.2) is 11.7 Å². The second-order valence-electron chi connectivity index (χ2n) is 16.0. The van der Waals surface area contributed by atoms with Crippen molar-refractivity contribution in [3.8, 4) is 77.9 Å². The zero-order valence-electron chi connectivity index (χ0n) is 35.8. The van der Waals surface area contributed by atoms with Gasteiger partial charge in [0.05, 0.1) is 0 Å². The maximum atomic E-state index is 9.35. The van der Waals surface area contributed by atoms with Crippen LogP contribution in [0, 0.1) is 10.8 Å². The second kappa shape index (κ2) is 18.4. The number of nitrogens with zero attached hydrogens (tertiary/aromatic N) is 1. The van der Waals surface area contributed by atoms with Crippen molar-refractivity contribution < 1.29 is 0 Å². The zero-order chi connectivity index (χ0) is 44.0. The van der Waals surface area contributed by atoms with E-state index < -0.39 is 0 Å². The Kier molecular flexibility index (Phi) is 11.4. The van der Waals surface area contributed by atoms with Gasteiger partial charge in [-0.05, 0) is 108 Å². The first-order valence-corrected chi connectivity index (χ1v) is 21.9. The topological polar surface area (TPSA) is 50.9 Å². The fourth-order valence-electron chi connectivity index (χ4n) is 8.85. The Balaban J connectivity index is 1.12. The predicted octanol–water partition coefficient (Wildman–Crippen LogP) is 16.2. The van der Waals surface area contributed by atoms with E-state index in [4.69, 9.17) is 0 Å². The quantitative estimate of drug-likeness (QED) is 0.105. The van der Waals surface area contributed by atoms with Crippen LogP contribution in [0.3, 0.4) is 0 Å². The van der Waals surface area contributed by atoms with Crippen LogP contribution < -0.4 is 4.90 Å². The van der Waals surface area contributed by atoms with Gasteiger partial charge in [-0.25, -0.2) is 0 Å². The van der Waals surface area contributed by atoms with Crippen LogP contribution >= 0.6 is 0 Å². The van der Waals surface area contributed by atoms with E-state index in [0.29, 0.717) is 0 Å². The van der Waals surface area contributed by atoms with Crippen molar-refractivity contribution >= 4 is 17.4 Å². The zero-order valence-corrected chi connectivity index (χ0v) is 35.8. The molecule has 2 N–H and O–H groups in total. The molecule has 10 rings (SSSR count). The SMILES string of the molecule is N=C(c1ccccc1)N(C(=N)c1ccccc1)c1cccc(-c2cccc(-c3cccc(-c4cc(-c5ccccc5)c(-c5ccccc5)c(-c5ccccc5)c4-c4ccccc4)c3)c2)c1. The Morgan fingerprint density at radius 2 is 0.554 bits per heavy atom. The molecule has 0 spiro atoms. The van der Waals surface area contributed by atoms with Gasteiger partial charge < -0.3 is 0 Å². The Hall–Kier alpha value is -8.66. The molecule has 10 aromatic carbocycles. The maximum absolute atomic E-state index is 9.35. The van der Waals surface area contributed by atoms with Crippen LogP contribution in [0.2, 0.25) is 0 Å². The largest absolute Gasteiger partial charge is 0.284 e. The first-order chi connectivity index (χ1) is 32.1. The standard InChI is InChI=1S/C62H45N3/c63-61(48-30-15-5-16-31-48)65(62(64)49-32-17-6-18-33-49)55-39-21-37-53(42-55)51-35-19-34-50(40-51)52-36-20-38-54(41-52)57-43-56(44-22-7-1-8-23-44)58(45-24-9-2-10-25-45)60(47-28-13-4-14-29-47)59(57)46-26-11-3-12-27-46/h1-43,63-64H. The number of nitrogens with one attached hydrogen (secondary N) is 2. The van der Waals surface area contributed by atoms with Crippen molar-refractivity contribution in [1.29, 1.82) is 10.8 Å². The Bertz CT molecular complexity index is 3210. The summed E-state index contributed by atoms with van der Waals surface area (Å²) in [5.41, 5.74) is 18.1. The van der Waals surface area contributed by atoms with Gasteiger partial charge in [-0.3, -0.25) is 15.7 Å². The van der Waals surface area contributed by atoms with Gasteiger partial charge in [0.25, 0.3) is 0 Å². The molecule has 3 heteroatoms. The van der Waals surface area contributed by atoms with Gasteiger partial charge in [0.15, 0.2) is 0 Å². The summed E-state index contributed by atoms with van der Waals surface area (Å²) in [5.74, 6) is 0.472. The third kappa shape index (κ3) is 8.35. The summed E-state index contributed by atoms with van der Waals surface area (Å²) < 4.78 is 0. The summed E-state index contributed by atoms with van der Waals surface area (Å²) in [5, 5.41) is 18.7. The highest BCUT2D eigenvalue weighted by Gasteiger charge is 2.25. The molecule has 0 aliphatic carbocycles. The molecule has 0 aliphatic heterocycles. The molecular weight excluding hydrogens is 787 g/mol. The maximum Gasteiger partial charge on any atom is 0.138 e. The average molecular weight is 832 g/mol. The Labute approximate surface area is 381 Å². The molecule has 65 heavy (non-hydrogen) atoms. The van der Waals surface area contributed by atoms with E-state index >= 15 is 0 Å². The van der Waals surface area contributed by atoms with Gasteiger partial charge in [0.2, 0.25) is 0 Å². The normalized spacial score (nSPS) is 10.9. The highest BCUT2D eigenvalue weighted by molar-refractivity contribution is 6.27. The minimum Gasteiger partial charge on any atom is -0.284 e. The lowest BCUT2D eigenvalue weighted by Crippen LogP contribution is -2.37. The van der Waals surface area contributed by atoms with E-state index in [1.54, 1.807) is 4.90 Å². The minimum atomic E-state index is 0.236. The molecule has 308 valence electrons. The molecule has 10 aromatic rings. The van der Waals surface area contributed by atoms with E-state index in [0.717, 1.165) is 66.9 Å². The molecule has 0 aromatic heterocycles. The number of anilines is 1. The third-order valence-electron chi connectivity index (χ3n) is 11.9. The van der Waals surface area contributed by atoms with Gasteiger partial charge in [0, 0.05) is 16.8 Å².